The van der Waals surface area contributed by atoms with Crippen LogP contribution in [0.3, 0.4) is 0 Å². The van der Waals surface area contributed by atoms with Crippen LogP contribution in [0, 0.1) is 0 Å². The number of amides is 1. The monoisotopic (exact) mass is 358 g/mol. The maximum absolute atomic E-state index is 12.3. The zero-order valence-corrected chi connectivity index (χ0v) is 16.0. The van der Waals surface area contributed by atoms with E-state index in [0.717, 1.165) is 36.7 Å². The highest BCUT2D eigenvalue weighted by Gasteiger charge is 2.34. The molecule has 4 nitrogen and oxygen atoms in total. The number of rotatable bonds is 7. The van der Waals surface area contributed by atoms with Crippen LogP contribution >= 0.6 is 22.9 Å². The van der Waals surface area contributed by atoms with Crippen LogP contribution in [0.4, 0.5) is 4.79 Å². The van der Waals surface area contributed by atoms with Crippen molar-refractivity contribution < 1.29 is 9.53 Å². The van der Waals surface area contributed by atoms with Crippen LogP contribution in [0.25, 0.3) is 0 Å². The standard InChI is InChI=1S/C17H27ClN2O2S/c1-12(14-8-9-15(18)23-14)19-10-5-11-20(13-6-7-13)16(21)22-17(2,3)4/h8-9,12-13,19H,5-7,10-11H2,1-4H3. The van der Waals surface area contributed by atoms with Gasteiger partial charge in [0.25, 0.3) is 0 Å². The summed E-state index contributed by atoms with van der Waals surface area (Å²) in [5.74, 6) is 0. The zero-order valence-electron chi connectivity index (χ0n) is 14.4. The number of ether oxygens (including phenoxy) is 1. The molecule has 0 spiro atoms. The Morgan fingerprint density at radius 3 is 2.70 bits per heavy atom. The lowest BCUT2D eigenvalue weighted by Crippen LogP contribution is -2.39. The molecular formula is C17H27ClN2O2S. The highest BCUT2D eigenvalue weighted by atomic mass is 35.5. The lowest BCUT2D eigenvalue weighted by molar-refractivity contribution is 0.0232. The Labute approximate surface area is 148 Å². The summed E-state index contributed by atoms with van der Waals surface area (Å²) < 4.78 is 6.32. The van der Waals surface area contributed by atoms with Gasteiger partial charge in [-0.3, -0.25) is 0 Å². The molecule has 0 bridgehead atoms. The maximum Gasteiger partial charge on any atom is 0.410 e. The van der Waals surface area contributed by atoms with E-state index in [0.29, 0.717) is 6.04 Å². The number of hydrogen-bond acceptors (Lipinski definition) is 4. The van der Waals surface area contributed by atoms with E-state index in [9.17, 15) is 4.79 Å². The summed E-state index contributed by atoms with van der Waals surface area (Å²) in [6.07, 6.45) is 2.92. The average Bonchev–Trinajstić information content (AvgIpc) is 3.17. The molecule has 0 aliphatic heterocycles. The van der Waals surface area contributed by atoms with Gasteiger partial charge in [-0.1, -0.05) is 11.6 Å². The number of nitrogens with one attached hydrogen (secondary N) is 1. The van der Waals surface area contributed by atoms with Gasteiger partial charge in [0.1, 0.15) is 5.60 Å². The van der Waals surface area contributed by atoms with Crippen molar-refractivity contribution >= 4 is 29.0 Å². The van der Waals surface area contributed by atoms with Gasteiger partial charge in [0, 0.05) is 23.5 Å². The molecule has 1 aliphatic carbocycles. The molecule has 1 heterocycles. The largest absolute Gasteiger partial charge is 0.444 e. The molecule has 0 saturated heterocycles. The molecule has 1 saturated carbocycles. The van der Waals surface area contributed by atoms with E-state index in [-0.39, 0.29) is 12.1 Å². The van der Waals surface area contributed by atoms with E-state index < -0.39 is 5.60 Å². The van der Waals surface area contributed by atoms with Crippen molar-refractivity contribution in [2.24, 2.45) is 0 Å². The van der Waals surface area contributed by atoms with E-state index in [1.807, 2.05) is 31.7 Å². The highest BCUT2D eigenvalue weighted by Crippen LogP contribution is 2.29. The molecule has 2 rings (SSSR count). The van der Waals surface area contributed by atoms with Crippen molar-refractivity contribution in [1.29, 1.82) is 0 Å². The van der Waals surface area contributed by atoms with Gasteiger partial charge in [-0.25, -0.2) is 4.79 Å². The molecule has 1 unspecified atom stereocenters. The fourth-order valence-corrected chi connectivity index (χ4v) is 3.45. The third kappa shape index (κ3) is 6.32. The first-order chi connectivity index (χ1) is 10.8. The second-order valence-electron chi connectivity index (χ2n) is 7.08. The Balaban J connectivity index is 1.73. The van der Waals surface area contributed by atoms with E-state index in [4.69, 9.17) is 16.3 Å². The normalized spacial score (nSPS) is 16.2. The van der Waals surface area contributed by atoms with Crippen molar-refractivity contribution in [1.82, 2.24) is 10.2 Å². The van der Waals surface area contributed by atoms with Crippen molar-refractivity contribution in [3.63, 3.8) is 0 Å². The molecule has 130 valence electrons. The molecule has 23 heavy (non-hydrogen) atoms. The fourth-order valence-electron chi connectivity index (χ4n) is 2.36. The fraction of sp³-hybridized carbons (Fsp3) is 0.706. The van der Waals surface area contributed by atoms with E-state index >= 15 is 0 Å². The zero-order chi connectivity index (χ0) is 17.0. The minimum absolute atomic E-state index is 0.182. The number of nitrogens with zero attached hydrogens (tertiary/aromatic N) is 1. The first-order valence-corrected chi connectivity index (χ1v) is 9.44. The lowest BCUT2D eigenvalue weighted by Gasteiger charge is -2.27. The molecule has 1 amide bonds. The van der Waals surface area contributed by atoms with Crippen molar-refractivity contribution in [2.45, 2.75) is 64.6 Å². The SMILES string of the molecule is CC(NCCCN(C(=O)OC(C)(C)C)C1CC1)c1ccc(Cl)s1. The van der Waals surface area contributed by atoms with Crippen LogP contribution in [0.2, 0.25) is 4.34 Å². The van der Waals surface area contributed by atoms with E-state index in [1.165, 1.54) is 4.88 Å². The van der Waals surface area contributed by atoms with Gasteiger partial charge in [-0.05, 0) is 65.6 Å². The quantitative estimate of drug-likeness (QED) is 0.709. The van der Waals surface area contributed by atoms with Crippen LogP contribution in [0.1, 0.15) is 57.9 Å². The van der Waals surface area contributed by atoms with Crippen LogP contribution < -0.4 is 5.32 Å². The third-order valence-electron chi connectivity index (χ3n) is 3.66. The second kappa shape index (κ2) is 7.86. The summed E-state index contributed by atoms with van der Waals surface area (Å²) >= 11 is 7.57. The van der Waals surface area contributed by atoms with Crippen LogP contribution in [0.5, 0.6) is 0 Å². The highest BCUT2D eigenvalue weighted by molar-refractivity contribution is 7.16. The number of thiophene rings is 1. The van der Waals surface area contributed by atoms with Gasteiger partial charge in [0.05, 0.1) is 4.34 Å². The minimum Gasteiger partial charge on any atom is -0.444 e. The lowest BCUT2D eigenvalue weighted by atomic mass is 10.2. The van der Waals surface area contributed by atoms with E-state index in [2.05, 4.69) is 18.3 Å². The Morgan fingerprint density at radius 2 is 2.17 bits per heavy atom. The molecule has 1 aliphatic rings. The average molecular weight is 359 g/mol. The second-order valence-corrected chi connectivity index (χ2v) is 8.82. The summed E-state index contributed by atoms with van der Waals surface area (Å²) in [6.45, 7) is 9.46. The number of hydrogen-bond donors (Lipinski definition) is 1. The predicted molar refractivity (Wildman–Crippen MR) is 96.3 cm³/mol. The Kier molecular flexibility index (Phi) is 6.34. The van der Waals surface area contributed by atoms with Crippen molar-refractivity contribution in [2.75, 3.05) is 13.1 Å². The molecule has 1 N–H and O–H groups in total. The van der Waals surface area contributed by atoms with Gasteiger partial charge in [0.15, 0.2) is 0 Å². The molecular weight excluding hydrogens is 332 g/mol. The Morgan fingerprint density at radius 1 is 1.48 bits per heavy atom. The predicted octanol–water partition coefficient (Wildman–Crippen LogP) is 4.84. The van der Waals surface area contributed by atoms with E-state index in [1.54, 1.807) is 11.3 Å². The summed E-state index contributed by atoms with van der Waals surface area (Å²) in [4.78, 5) is 15.4. The summed E-state index contributed by atoms with van der Waals surface area (Å²) in [7, 11) is 0. The number of carbonyl (C=O) groups excluding carboxylic acids is 1. The van der Waals surface area contributed by atoms with Gasteiger partial charge in [-0.2, -0.15) is 0 Å². The van der Waals surface area contributed by atoms with Crippen LogP contribution in [-0.4, -0.2) is 35.7 Å². The molecule has 1 atom stereocenters. The third-order valence-corrected chi connectivity index (χ3v) is 5.08. The van der Waals surface area contributed by atoms with Crippen molar-refractivity contribution in [3.8, 4) is 0 Å². The molecule has 0 radical (unpaired) electrons. The molecule has 0 aromatic carbocycles. The van der Waals surface area contributed by atoms with Crippen LogP contribution in [0.15, 0.2) is 12.1 Å². The van der Waals surface area contributed by atoms with Gasteiger partial charge in [-0.15, -0.1) is 11.3 Å². The molecule has 1 aromatic rings. The first kappa shape index (κ1) is 18.6. The first-order valence-electron chi connectivity index (χ1n) is 8.24. The summed E-state index contributed by atoms with van der Waals surface area (Å²) in [5, 5.41) is 3.49. The minimum atomic E-state index is -0.435. The number of carbonyl (C=O) groups is 1. The number of halogens is 1. The van der Waals surface area contributed by atoms with Gasteiger partial charge in [0.2, 0.25) is 0 Å². The van der Waals surface area contributed by atoms with Crippen LogP contribution in [-0.2, 0) is 4.74 Å². The summed E-state index contributed by atoms with van der Waals surface area (Å²) in [5.41, 5.74) is -0.435. The summed E-state index contributed by atoms with van der Waals surface area (Å²) in [6, 6.07) is 4.64. The molecule has 1 aromatic heterocycles. The van der Waals surface area contributed by atoms with Gasteiger partial charge >= 0.3 is 6.09 Å². The maximum atomic E-state index is 12.3. The van der Waals surface area contributed by atoms with Gasteiger partial charge < -0.3 is 15.0 Å². The molecule has 6 heteroatoms. The van der Waals surface area contributed by atoms with Crippen molar-refractivity contribution in [3.05, 3.63) is 21.3 Å². The topological polar surface area (TPSA) is 41.6 Å². The molecule has 1 fully saturated rings. The Bertz CT molecular complexity index is 523. The Hall–Kier alpha value is -0.780. The smallest absolute Gasteiger partial charge is 0.410 e.